The predicted octanol–water partition coefficient (Wildman–Crippen LogP) is 4.11. The minimum Gasteiger partial charge on any atom is -0.322 e. The highest BCUT2D eigenvalue weighted by Crippen LogP contribution is 2.31. The van der Waals surface area contributed by atoms with Crippen molar-refractivity contribution in [3.8, 4) is 0 Å². The lowest BCUT2D eigenvalue weighted by Gasteiger charge is -2.10. The van der Waals surface area contributed by atoms with Gasteiger partial charge in [0, 0.05) is 11.3 Å². The second-order valence-corrected chi connectivity index (χ2v) is 6.44. The van der Waals surface area contributed by atoms with Crippen LogP contribution in [0.4, 0.5) is 5.69 Å². The monoisotopic (exact) mass is 320 g/mol. The highest BCUT2D eigenvalue weighted by Gasteiger charge is 2.20. The summed E-state index contributed by atoms with van der Waals surface area (Å²) < 4.78 is 2.02. The Morgan fingerprint density at radius 1 is 1.17 bits per heavy atom. The molecule has 3 aromatic rings. The Kier molecular flexibility index (Phi) is 3.76. The van der Waals surface area contributed by atoms with Crippen LogP contribution in [0, 0.1) is 6.92 Å². The van der Waals surface area contributed by atoms with Crippen LogP contribution in [0.5, 0.6) is 0 Å². The first-order chi connectivity index (χ1) is 11.7. The molecular formula is C19H20N4O. The second kappa shape index (κ2) is 6.07. The minimum absolute atomic E-state index is 0.124. The maximum absolute atomic E-state index is 12.5. The summed E-state index contributed by atoms with van der Waals surface area (Å²) in [4.78, 5) is 12.5. The van der Waals surface area contributed by atoms with Crippen molar-refractivity contribution in [2.45, 2.75) is 38.6 Å². The summed E-state index contributed by atoms with van der Waals surface area (Å²) in [7, 11) is 0. The number of rotatable bonds is 3. The molecule has 2 aromatic carbocycles. The molecule has 1 aliphatic carbocycles. The van der Waals surface area contributed by atoms with Gasteiger partial charge in [0.05, 0.1) is 11.6 Å². The van der Waals surface area contributed by atoms with E-state index >= 15 is 0 Å². The number of hydrogen-bond donors (Lipinski definition) is 1. The van der Waals surface area contributed by atoms with E-state index < -0.39 is 0 Å². The van der Waals surface area contributed by atoms with Crippen LogP contribution in [-0.2, 0) is 0 Å². The van der Waals surface area contributed by atoms with Crippen LogP contribution in [0.15, 0.2) is 42.5 Å². The van der Waals surface area contributed by atoms with Crippen LogP contribution in [0.2, 0.25) is 0 Å². The molecule has 5 heteroatoms. The molecule has 0 bridgehead atoms. The lowest BCUT2D eigenvalue weighted by molar-refractivity contribution is 0.102. The van der Waals surface area contributed by atoms with Crippen LogP contribution in [0.1, 0.15) is 47.6 Å². The van der Waals surface area contributed by atoms with Gasteiger partial charge in [-0.15, -0.1) is 5.10 Å². The number of carbonyl (C=O) groups is 1. The van der Waals surface area contributed by atoms with Gasteiger partial charge >= 0.3 is 0 Å². The topological polar surface area (TPSA) is 59.8 Å². The van der Waals surface area contributed by atoms with Crippen molar-refractivity contribution >= 4 is 22.6 Å². The molecule has 0 spiro atoms. The average Bonchev–Trinajstić information content (AvgIpc) is 3.25. The third kappa shape index (κ3) is 2.66. The van der Waals surface area contributed by atoms with E-state index in [1.807, 2.05) is 54.1 Å². The number of amides is 1. The maximum atomic E-state index is 12.5. The standard InChI is InChI=1S/C19H20N4O/c1-13-6-2-5-9-16(13)20-19(24)14-10-11-18-17(12-14)21-22-23(18)15-7-3-4-8-15/h2,5-6,9-12,15H,3-4,7-8H2,1H3,(H,20,24). The van der Waals surface area contributed by atoms with E-state index in [4.69, 9.17) is 0 Å². The lowest BCUT2D eigenvalue weighted by Crippen LogP contribution is -2.12. The molecule has 5 nitrogen and oxygen atoms in total. The highest BCUT2D eigenvalue weighted by molar-refractivity contribution is 6.06. The molecule has 0 unspecified atom stereocenters. The number of carbonyl (C=O) groups excluding carboxylic acids is 1. The second-order valence-electron chi connectivity index (χ2n) is 6.44. The summed E-state index contributed by atoms with van der Waals surface area (Å²) in [6, 6.07) is 13.8. The summed E-state index contributed by atoms with van der Waals surface area (Å²) in [5, 5.41) is 11.5. The zero-order valence-electron chi connectivity index (χ0n) is 13.7. The zero-order valence-corrected chi connectivity index (χ0v) is 13.7. The molecule has 4 rings (SSSR count). The van der Waals surface area contributed by atoms with Gasteiger partial charge < -0.3 is 5.32 Å². The summed E-state index contributed by atoms with van der Waals surface area (Å²) in [6.07, 6.45) is 4.83. The Labute approximate surface area is 140 Å². The van der Waals surface area contributed by atoms with Crippen molar-refractivity contribution in [2.24, 2.45) is 0 Å². The fourth-order valence-corrected chi connectivity index (χ4v) is 3.41. The van der Waals surface area contributed by atoms with E-state index in [9.17, 15) is 4.79 Å². The van der Waals surface area contributed by atoms with Crippen LogP contribution in [-0.4, -0.2) is 20.9 Å². The van der Waals surface area contributed by atoms with Gasteiger partial charge in [-0.3, -0.25) is 4.79 Å². The summed E-state index contributed by atoms with van der Waals surface area (Å²) in [5.41, 5.74) is 4.26. The molecule has 0 radical (unpaired) electrons. The lowest BCUT2D eigenvalue weighted by atomic mass is 10.1. The molecule has 0 aliphatic heterocycles. The summed E-state index contributed by atoms with van der Waals surface area (Å²) >= 11 is 0. The Morgan fingerprint density at radius 2 is 1.96 bits per heavy atom. The molecule has 1 N–H and O–H groups in total. The van der Waals surface area contributed by atoms with Crippen LogP contribution in [0.3, 0.4) is 0 Å². The molecule has 0 saturated heterocycles. The number of para-hydroxylation sites is 1. The highest BCUT2D eigenvalue weighted by atomic mass is 16.1. The Bertz CT molecular complexity index is 893. The average molecular weight is 320 g/mol. The van der Waals surface area contributed by atoms with Crippen molar-refractivity contribution in [1.29, 1.82) is 0 Å². The Hall–Kier alpha value is -2.69. The quantitative estimate of drug-likeness (QED) is 0.790. The van der Waals surface area contributed by atoms with Gasteiger partial charge in [0.1, 0.15) is 5.52 Å². The first kappa shape index (κ1) is 14.9. The van der Waals surface area contributed by atoms with E-state index in [0.717, 1.165) is 35.1 Å². The largest absolute Gasteiger partial charge is 0.322 e. The van der Waals surface area contributed by atoms with Crippen LogP contribution >= 0.6 is 0 Å². The molecule has 1 amide bonds. The van der Waals surface area contributed by atoms with Gasteiger partial charge in [0.15, 0.2) is 0 Å². The number of hydrogen-bond acceptors (Lipinski definition) is 3. The van der Waals surface area contributed by atoms with Gasteiger partial charge in [-0.25, -0.2) is 4.68 Å². The van der Waals surface area contributed by atoms with Crippen LogP contribution < -0.4 is 5.32 Å². The number of aromatic nitrogens is 3. The molecule has 1 aliphatic rings. The number of nitrogens with one attached hydrogen (secondary N) is 1. The van der Waals surface area contributed by atoms with E-state index in [1.165, 1.54) is 12.8 Å². The van der Waals surface area contributed by atoms with Crippen LogP contribution in [0.25, 0.3) is 11.0 Å². The first-order valence-electron chi connectivity index (χ1n) is 8.44. The number of fused-ring (bicyclic) bond motifs is 1. The van der Waals surface area contributed by atoms with Crippen molar-refractivity contribution in [1.82, 2.24) is 15.0 Å². The number of anilines is 1. The van der Waals surface area contributed by atoms with E-state index in [2.05, 4.69) is 15.6 Å². The zero-order chi connectivity index (χ0) is 16.5. The predicted molar refractivity (Wildman–Crippen MR) is 94.2 cm³/mol. The molecule has 1 fully saturated rings. The smallest absolute Gasteiger partial charge is 0.255 e. The fraction of sp³-hybridized carbons (Fsp3) is 0.316. The fourth-order valence-electron chi connectivity index (χ4n) is 3.41. The van der Waals surface area contributed by atoms with Crippen molar-refractivity contribution in [3.63, 3.8) is 0 Å². The third-order valence-electron chi connectivity index (χ3n) is 4.80. The third-order valence-corrected chi connectivity index (χ3v) is 4.80. The van der Waals surface area contributed by atoms with Gasteiger partial charge in [-0.1, -0.05) is 36.3 Å². The maximum Gasteiger partial charge on any atom is 0.255 e. The van der Waals surface area contributed by atoms with E-state index in [-0.39, 0.29) is 5.91 Å². The number of nitrogens with zero attached hydrogens (tertiary/aromatic N) is 3. The van der Waals surface area contributed by atoms with Crippen molar-refractivity contribution in [3.05, 3.63) is 53.6 Å². The summed E-state index contributed by atoms with van der Waals surface area (Å²) in [6.45, 7) is 1.98. The molecule has 1 saturated carbocycles. The van der Waals surface area contributed by atoms with Gasteiger partial charge in [-0.2, -0.15) is 0 Å². The SMILES string of the molecule is Cc1ccccc1NC(=O)c1ccc2c(c1)nnn2C1CCCC1. The Morgan fingerprint density at radius 3 is 2.75 bits per heavy atom. The molecule has 1 heterocycles. The van der Waals surface area contributed by atoms with Crippen molar-refractivity contribution in [2.75, 3.05) is 5.32 Å². The molecule has 0 atom stereocenters. The molecular weight excluding hydrogens is 300 g/mol. The van der Waals surface area contributed by atoms with Crippen molar-refractivity contribution < 1.29 is 4.79 Å². The van der Waals surface area contributed by atoms with Gasteiger partial charge in [-0.05, 0) is 49.6 Å². The minimum atomic E-state index is -0.124. The van der Waals surface area contributed by atoms with Gasteiger partial charge in [0.2, 0.25) is 0 Å². The van der Waals surface area contributed by atoms with E-state index in [0.29, 0.717) is 11.6 Å². The normalized spacial score (nSPS) is 15.0. The molecule has 1 aromatic heterocycles. The summed E-state index contributed by atoms with van der Waals surface area (Å²) in [5.74, 6) is -0.124. The molecule has 24 heavy (non-hydrogen) atoms. The Balaban J connectivity index is 1.61. The van der Waals surface area contributed by atoms with E-state index in [1.54, 1.807) is 0 Å². The molecule has 122 valence electrons. The first-order valence-corrected chi connectivity index (χ1v) is 8.44. The van der Waals surface area contributed by atoms with Gasteiger partial charge in [0.25, 0.3) is 5.91 Å². The number of aryl methyl sites for hydroxylation is 1. The number of benzene rings is 2.